The Morgan fingerprint density at radius 2 is 1.93 bits per heavy atom. The van der Waals surface area contributed by atoms with Crippen LogP contribution in [0.4, 0.5) is 0 Å². The number of rotatable bonds is 6. The molecule has 0 radical (unpaired) electrons. The van der Waals surface area contributed by atoms with E-state index in [1.54, 1.807) is 19.2 Å². The van der Waals surface area contributed by atoms with Crippen molar-refractivity contribution in [3.63, 3.8) is 0 Å². The van der Waals surface area contributed by atoms with Crippen molar-refractivity contribution in [2.45, 2.75) is 39.3 Å². The standard InChI is InChI=1S/C19H29N5O2.HI/c1-4-17(25)24-11-10-16(13-24)23-19(21-5-2)22-12-14-6-8-15(9-7-14)18(26)20-3;/h6-9,16H,4-5,10-13H2,1-3H3,(H,20,26)(H2,21,22,23);1H. The summed E-state index contributed by atoms with van der Waals surface area (Å²) in [6.07, 6.45) is 1.48. The number of guanidine groups is 1. The van der Waals surface area contributed by atoms with Crippen molar-refractivity contribution in [1.82, 2.24) is 20.9 Å². The molecule has 3 N–H and O–H groups in total. The number of aliphatic imine (C=N–C) groups is 1. The zero-order valence-electron chi connectivity index (χ0n) is 16.2. The van der Waals surface area contributed by atoms with Crippen LogP contribution in [0.1, 0.15) is 42.6 Å². The van der Waals surface area contributed by atoms with Gasteiger partial charge in [-0.1, -0.05) is 19.1 Å². The maximum Gasteiger partial charge on any atom is 0.251 e. The van der Waals surface area contributed by atoms with Crippen LogP contribution in [0.2, 0.25) is 0 Å². The second-order valence-electron chi connectivity index (χ2n) is 6.29. The van der Waals surface area contributed by atoms with E-state index in [-0.39, 0.29) is 41.8 Å². The molecule has 7 nitrogen and oxygen atoms in total. The fraction of sp³-hybridized carbons (Fsp3) is 0.526. The van der Waals surface area contributed by atoms with Gasteiger partial charge < -0.3 is 20.9 Å². The monoisotopic (exact) mass is 487 g/mol. The van der Waals surface area contributed by atoms with Gasteiger partial charge in [-0.05, 0) is 31.0 Å². The number of nitrogens with one attached hydrogen (secondary N) is 3. The van der Waals surface area contributed by atoms with Crippen molar-refractivity contribution in [1.29, 1.82) is 0 Å². The number of amides is 2. The van der Waals surface area contributed by atoms with E-state index in [1.165, 1.54) is 0 Å². The lowest BCUT2D eigenvalue weighted by molar-refractivity contribution is -0.129. The molecule has 27 heavy (non-hydrogen) atoms. The van der Waals surface area contributed by atoms with Crippen LogP contribution in [0.3, 0.4) is 0 Å². The van der Waals surface area contributed by atoms with Crippen LogP contribution < -0.4 is 16.0 Å². The highest BCUT2D eigenvalue weighted by Crippen LogP contribution is 2.11. The summed E-state index contributed by atoms with van der Waals surface area (Å²) in [7, 11) is 1.62. The summed E-state index contributed by atoms with van der Waals surface area (Å²) >= 11 is 0. The predicted octanol–water partition coefficient (Wildman–Crippen LogP) is 1.73. The fourth-order valence-corrected chi connectivity index (χ4v) is 2.92. The number of benzene rings is 1. The molecule has 1 aromatic carbocycles. The van der Waals surface area contributed by atoms with E-state index in [0.717, 1.165) is 37.6 Å². The Morgan fingerprint density at radius 1 is 1.22 bits per heavy atom. The van der Waals surface area contributed by atoms with Crippen LogP contribution in [-0.4, -0.2) is 55.4 Å². The molecule has 0 saturated carbocycles. The second kappa shape index (κ2) is 11.8. The van der Waals surface area contributed by atoms with Crippen LogP contribution in [0.25, 0.3) is 0 Å². The van der Waals surface area contributed by atoms with Gasteiger partial charge in [0.05, 0.1) is 6.54 Å². The largest absolute Gasteiger partial charge is 0.357 e. The average Bonchev–Trinajstić information content (AvgIpc) is 3.14. The minimum atomic E-state index is -0.0949. The number of halogens is 1. The molecular formula is C19H30IN5O2. The third kappa shape index (κ3) is 7.00. The molecule has 8 heteroatoms. The molecule has 1 heterocycles. The smallest absolute Gasteiger partial charge is 0.251 e. The van der Waals surface area contributed by atoms with Crippen molar-refractivity contribution >= 4 is 41.8 Å². The zero-order chi connectivity index (χ0) is 18.9. The maximum atomic E-state index is 11.8. The number of carbonyl (C=O) groups excluding carboxylic acids is 2. The molecule has 1 aliphatic heterocycles. The molecule has 0 aromatic heterocycles. The van der Waals surface area contributed by atoms with Crippen molar-refractivity contribution < 1.29 is 9.59 Å². The Kier molecular flexibility index (Phi) is 10.1. The van der Waals surface area contributed by atoms with Crippen LogP contribution in [0.15, 0.2) is 29.3 Å². The summed E-state index contributed by atoms with van der Waals surface area (Å²) in [5.74, 6) is 0.855. The second-order valence-corrected chi connectivity index (χ2v) is 6.29. The molecule has 1 aromatic rings. The first-order chi connectivity index (χ1) is 12.6. The molecule has 1 aliphatic rings. The SMILES string of the molecule is CCNC(=NCc1ccc(C(=O)NC)cc1)NC1CCN(C(=O)CC)C1.I. The number of likely N-dealkylation sites (tertiary alicyclic amines) is 1. The topological polar surface area (TPSA) is 85.8 Å². The molecule has 0 spiro atoms. The lowest BCUT2D eigenvalue weighted by atomic mass is 10.1. The van der Waals surface area contributed by atoms with Crippen LogP contribution in [-0.2, 0) is 11.3 Å². The minimum absolute atomic E-state index is 0. The van der Waals surface area contributed by atoms with Gasteiger partial charge in [-0.15, -0.1) is 24.0 Å². The predicted molar refractivity (Wildman–Crippen MR) is 118 cm³/mol. The molecule has 150 valence electrons. The van der Waals surface area contributed by atoms with Crippen LogP contribution in [0, 0.1) is 0 Å². The number of carbonyl (C=O) groups is 2. The summed E-state index contributed by atoms with van der Waals surface area (Å²) in [5.41, 5.74) is 1.67. The van der Waals surface area contributed by atoms with Gasteiger partial charge in [0, 0.05) is 44.7 Å². The Balaban J connectivity index is 0.00000364. The molecule has 0 aliphatic carbocycles. The number of hydrogen-bond acceptors (Lipinski definition) is 3. The van der Waals surface area contributed by atoms with Gasteiger partial charge in [0.1, 0.15) is 0 Å². The van der Waals surface area contributed by atoms with Gasteiger partial charge in [-0.3, -0.25) is 9.59 Å². The fourth-order valence-electron chi connectivity index (χ4n) is 2.92. The van der Waals surface area contributed by atoms with Gasteiger partial charge in [0.25, 0.3) is 5.91 Å². The van der Waals surface area contributed by atoms with Crippen molar-refractivity contribution in [2.24, 2.45) is 4.99 Å². The van der Waals surface area contributed by atoms with Gasteiger partial charge in [-0.2, -0.15) is 0 Å². The van der Waals surface area contributed by atoms with Gasteiger partial charge in [0.2, 0.25) is 5.91 Å². The van der Waals surface area contributed by atoms with E-state index in [1.807, 2.05) is 30.9 Å². The van der Waals surface area contributed by atoms with Gasteiger partial charge in [0.15, 0.2) is 5.96 Å². The average molecular weight is 487 g/mol. The Labute approximate surface area is 178 Å². The summed E-state index contributed by atoms with van der Waals surface area (Å²) in [4.78, 5) is 29.9. The molecule has 1 saturated heterocycles. The molecule has 1 atom stereocenters. The number of nitrogens with zero attached hydrogens (tertiary/aromatic N) is 2. The first-order valence-corrected chi connectivity index (χ1v) is 9.21. The zero-order valence-corrected chi connectivity index (χ0v) is 18.6. The van der Waals surface area contributed by atoms with Crippen LogP contribution >= 0.6 is 24.0 Å². The molecule has 1 unspecified atom stereocenters. The van der Waals surface area contributed by atoms with Gasteiger partial charge >= 0.3 is 0 Å². The van der Waals surface area contributed by atoms with Gasteiger partial charge in [-0.25, -0.2) is 4.99 Å². The summed E-state index contributed by atoms with van der Waals surface area (Å²) in [5, 5.41) is 9.27. The van der Waals surface area contributed by atoms with E-state index < -0.39 is 0 Å². The molecule has 2 amide bonds. The molecule has 1 fully saturated rings. The third-order valence-electron chi connectivity index (χ3n) is 4.39. The first-order valence-electron chi connectivity index (χ1n) is 9.21. The lowest BCUT2D eigenvalue weighted by Gasteiger charge is -2.18. The highest BCUT2D eigenvalue weighted by molar-refractivity contribution is 14.0. The first kappa shape index (κ1) is 23.2. The third-order valence-corrected chi connectivity index (χ3v) is 4.39. The summed E-state index contributed by atoms with van der Waals surface area (Å²) in [6.45, 7) is 6.73. The normalized spacial score (nSPS) is 16.5. The van der Waals surface area contributed by atoms with Crippen molar-refractivity contribution in [3.05, 3.63) is 35.4 Å². The van der Waals surface area contributed by atoms with E-state index >= 15 is 0 Å². The maximum absolute atomic E-state index is 11.8. The Morgan fingerprint density at radius 3 is 2.52 bits per heavy atom. The highest BCUT2D eigenvalue weighted by atomic mass is 127. The van der Waals surface area contributed by atoms with Crippen LogP contribution in [0.5, 0.6) is 0 Å². The van der Waals surface area contributed by atoms with E-state index in [4.69, 9.17) is 0 Å². The van der Waals surface area contributed by atoms with E-state index in [2.05, 4.69) is 20.9 Å². The summed E-state index contributed by atoms with van der Waals surface area (Å²) in [6, 6.07) is 7.65. The highest BCUT2D eigenvalue weighted by Gasteiger charge is 2.25. The minimum Gasteiger partial charge on any atom is -0.357 e. The quantitative estimate of drug-likeness (QED) is 0.324. The lowest BCUT2D eigenvalue weighted by Crippen LogP contribution is -2.45. The Bertz CT molecular complexity index is 648. The van der Waals surface area contributed by atoms with Crippen molar-refractivity contribution in [2.75, 3.05) is 26.7 Å². The number of hydrogen-bond donors (Lipinski definition) is 3. The Hall–Kier alpha value is -1.84. The summed E-state index contributed by atoms with van der Waals surface area (Å²) < 4.78 is 0. The van der Waals surface area contributed by atoms with E-state index in [9.17, 15) is 9.59 Å². The molecular weight excluding hydrogens is 457 g/mol. The van der Waals surface area contributed by atoms with Crippen molar-refractivity contribution in [3.8, 4) is 0 Å². The molecule has 2 rings (SSSR count). The molecule has 0 bridgehead atoms. The van der Waals surface area contributed by atoms with E-state index in [0.29, 0.717) is 18.5 Å².